The van der Waals surface area contributed by atoms with Crippen molar-refractivity contribution in [2.75, 3.05) is 0 Å². The molecule has 36 heavy (non-hydrogen) atoms. The SMILES string of the molecule is Oc1ccc(N=Nc2ccc3c(O)c(N=Nc4ccc(N=Nc5ccccc5)cc4)ccc3c2)cc1. The largest absolute Gasteiger partial charge is 0.508 e. The Hall–Kier alpha value is -5.24. The number of azo groups is 3. The molecule has 0 saturated carbocycles. The van der Waals surface area contributed by atoms with Gasteiger partial charge in [0.05, 0.1) is 28.4 Å². The summed E-state index contributed by atoms with van der Waals surface area (Å²) in [4.78, 5) is 0. The second kappa shape index (κ2) is 10.4. The number of hydrogen-bond acceptors (Lipinski definition) is 8. The minimum atomic E-state index is 0.0338. The van der Waals surface area contributed by atoms with Crippen molar-refractivity contribution in [3.8, 4) is 11.5 Å². The van der Waals surface area contributed by atoms with E-state index in [9.17, 15) is 10.2 Å². The topological polar surface area (TPSA) is 115 Å². The van der Waals surface area contributed by atoms with Crippen molar-refractivity contribution in [1.82, 2.24) is 0 Å². The minimum absolute atomic E-state index is 0.0338. The standard InChI is InChI=1S/C28H20N6O2/c35-25-14-11-23(12-15-25)31-33-24-13-16-26-19(18-24)6-17-27(28(26)36)34-32-22-9-7-21(8-10-22)30-29-20-4-2-1-3-5-20/h1-18,35-36H. The van der Waals surface area contributed by atoms with E-state index in [2.05, 4.69) is 30.7 Å². The number of rotatable bonds is 6. The molecule has 5 aromatic rings. The highest BCUT2D eigenvalue weighted by atomic mass is 16.3. The Morgan fingerprint density at radius 1 is 0.417 bits per heavy atom. The van der Waals surface area contributed by atoms with Gasteiger partial charge in [0.2, 0.25) is 0 Å². The zero-order valence-corrected chi connectivity index (χ0v) is 19.0. The predicted molar refractivity (Wildman–Crippen MR) is 139 cm³/mol. The first-order chi connectivity index (χ1) is 17.6. The average Bonchev–Trinajstić information content (AvgIpc) is 2.92. The van der Waals surface area contributed by atoms with Crippen LogP contribution in [0.4, 0.5) is 34.1 Å². The van der Waals surface area contributed by atoms with Crippen molar-refractivity contribution in [3.05, 3.63) is 109 Å². The van der Waals surface area contributed by atoms with Gasteiger partial charge in [0, 0.05) is 5.39 Å². The van der Waals surface area contributed by atoms with Crippen LogP contribution in [0.25, 0.3) is 10.8 Å². The zero-order chi connectivity index (χ0) is 24.7. The first kappa shape index (κ1) is 22.5. The Morgan fingerprint density at radius 3 is 1.56 bits per heavy atom. The molecule has 0 atom stereocenters. The van der Waals surface area contributed by atoms with E-state index in [0.29, 0.717) is 33.8 Å². The van der Waals surface area contributed by atoms with Crippen LogP contribution in [0.2, 0.25) is 0 Å². The lowest BCUT2D eigenvalue weighted by molar-refractivity contribution is 0.475. The van der Waals surface area contributed by atoms with Crippen LogP contribution in [0, 0.1) is 0 Å². The van der Waals surface area contributed by atoms with Crippen LogP contribution in [0.15, 0.2) is 140 Å². The molecule has 8 nitrogen and oxygen atoms in total. The van der Waals surface area contributed by atoms with E-state index in [-0.39, 0.29) is 11.5 Å². The third-order valence-electron chi connectivity index (χ3n) is 5.24. The van der Waals surface area contributed by atoms with Crippen molar-refractivity contribution in [2.24, 2.45) is 30.7 Å². The molecule has 8 heteroatoms. The summed E-state index contributed by atoms with van der Waals surface area (Å²) in [5.74, 6) is 0.206. The summed E-state index contributed by atoms with van der Waals surface area (Å²) in [6.07, 6.45) is 0. The molecule has 0 aliphatic heterocycles. The number of nitrogens with zero attached hydrogens (tertiary/aromatic N) is 6. The lowest BCUT2D eigenvalue weighted by atomic mass is 10.1. The van der Waals surface area contributed by atoms with Crippen LogP contribution in [0.1, 0.15) is 0 Å². The van der Waals surface area contributed by atoms with Crippen molar-refractivity contribution in [2.45, 2.75) is 0 Å². The molecule has 2 N–H and O–H groups in total. The van der Waals surface area contributed by atoms with Crippen LogP contribution in [0.5, 0.6) is 11.5 Å². The summed E-state index contributed by atoms with van der Waals surface area (Å²) in [6.45, 7) is 0. The molecule has 5 aromatic carbocycles. The summed E-state index contributed by atoms with van der Waals surface area (Å²) >= 11 is 0. The van der Waals surface area contributed by atoms with Gasteiger partial charge in [0.1, 0.15) is 11.4 Å². The van der Waals surface area contributed by atoms with E-state index < -0.39 is 0 Å². The van der Waals surface area contributed by atoms with E-state index in [4.69, 9.17) is 0 Å². The van der Waals surface area contributed by atoms with E-state index in [0.717, 1.165) is 11.1 Å². The summed E-state index contributed by atoms with van der Waals surface area (Å²) in [6, 6.07) is 32.0. The molecule has 0 radical (unpaired) electrons. The summed E-state index contributed by atoms with van der Waals surface area (Å²) in [5, 5.41) is 46.7. The van der Waals surface area contributed by atoms with E-state index in [1.807, 2.05) is 42.5 Å². The minimum Gasteiger partial charge on any atom is -0.508 e. The maximum atomic E-state index is 10.7. The number of phenols is 2. The van der Waals surface area contributed by atoms with E-state index in [1.54, 1.807) is 66.7 Å². The monoisotopic (exact) mass is 472 g/mol. The molecule has 0 amide bonds. The first-order valence-corrected chi connectivity index (χ1v) is 11.1. The number of aromatic hydroxyl groups is 2. The van der Waals surface area contributed by atoms with Gasteiger partial charge in [-0.1, -0.05) is 24.3 Å². The van der Waals surface area contributed by atoms with Crippen LogP contribution in [-0.2, 0) is 0 Å². The molecular weight excluding hydrogens is 452 g/mol. The zero-order valence-electron chi connectivity index (χ0n) is 19.0. The number of hydrogen-bond donors (Lipinski definition) is 2. The fraction of sp³-hybridized carbons (Fsp3) is 0. The van der Waals surface area contributed by atoms with Crippen LogP contribution < -0.4 is 0 Å². The predicted octanol–water partition coefficient (Wildman–Crippen LogP) is 9.50. The molecule has 0 unspecified atom stereocenters. The smallest absolute Gasteiger partial charge is 0.150 e. The van der Waals surface area contributed by atoms with Gasteiger partial charge in [-0.25, -0.2) is 0 Å². The van der Waals surface area contributed by atoms with Crippen molar-refractivity contribution < 1.29 is 10.2 Å². The molecule has 174 valence electrons. The van der Waals surface area contributed by atoms with Gasteiger partial charge in [0.25, 0.3) is 0 Å². The van der Waals surface area contributed by atoms with Crippen LogP contribution in [-0.4, -0.2) is 10.2 Å². The Labute approximate surface area is 206 Å². The van der Waals surface area contributed by atoms with E-state index in [1.165, 1.54) is 0 Å². The fourth-order valence-electron chi connectivity index (χ4n) is 3.37. The molecule has 0 aliphatic carbocycles. The highest BCUT2D eigenvalue weighted by Crippen LogP contribution is 2.37. The van der Waals surface area contributed by atoms with E-state index >= 15 is 0 Å². The van der Waals surface area contributed by atoms with Crippen LogP contribution in [0.3, 0.4) is 0 Å². The fourth-order valence-corrected chi connectivity index (χ4v) is 3.37. The van der Waals surface area contributed by atoms with Gasteiger partial charge < -0.3 is 10.2 Å². The lowest BCUT2D eigenvalue weighted by Crippen LogP contribution is -1.76. The number of benzene rings is 5. The molecule has 0 bridgehead atoms. The Kier molecular flexibility index (Phi) is 6.48. The third kappa shape index (κ3) is 5.45. The lowest BCUT2D eigenvalue weighted by Gasteiger charge is -2.04. The van der Waals surface area contributed by atoms with Crippen molar-refractivity contribution >= 4 is 44.9 Å². The maximum Gasteiger partial charge on any atom is 0.150 e. The van der Waals surface area contributed by atoms with Crippen molar-refractivity contribution in [3.63, 3.8) is 0 Å². The molecule has 0 spiro atoms. The molecule has 0 aliphatic rings. The summed E-state index contributed by atoms with van der Waals surface area (Å²) in [5.41, 5.74) is 3.71. The van der Waals surface area contributed by atoms with Gasteiger partial charge in [-0.2, -0.15) is 25.6 Å². The molecule has 0 fully saturated rings. The Balaban J connectivity index is 1.30. The summed E-state index contributed by atoms with van der Waals surface area (Å²) in [7, 11) is 0. The summed E-state index contributed by atoms with van der Waals surface area (Å²) < 4.78 is 0. The average molecular weight is 473 g/mol. The molecule has 0 aromatic heterocycles. The Bertz CT molecular complexity index is 1580. The quantitative estimate of drug-likeness (QED) is 0.240. The van der Waals surface area contributed by atoms with Crippen molar-refractivity contribution in [1.29, 1.82) is 0 Å². The number of fused-ring (bicyclic) bond motifs is 1. The van der Waals surface area contributed by atoms with Gasteiger partial charge in [-0.3, -0.25) is 0 Å². The second-order valence-corrected chi connectivity index (χ2v) is 7.81. The molecule has 0 heterocycles. The maximum absolute atomic E-state index is 10.7. The molecule has 0 saturated heterocycles. The van der Waals surface area contributed by atoms with Gasteiger partial charge in [-0.05, 0) is 90.3 Å². The first-order valence-electron chi connectivity index (χ1n) is 11.1. The second-order valence-electron chi connectivity index (χ2n) is 7.81. The Morgan fingerprint density at radius 2 is 0.917 bits per heavy atom. The highest BCUT2D eigenvalue weighted by molar-refractivity contribution is 5.94. The molecular formula is C28H20N6O2. The van der Waals surface area contributed by atoms with Gasteiger partial charge in [-0.15, -0.1) is 5.11 Å². The highest BCUT2D eigenvalue weighted by Gasteiger charge is 2.07. The van der Waals surface area contributed by atoms with Gasteiger partial charge >= 0.3 is 0 Å². The number of phenolic OH excluding ortho intramolecular Hbond substituents is 2. The third-order valence-corrected chi connectivity index (χ3v) is 5.24. The van der Waals surface area contributed by atoms with Gasteiger partial charge in [0.15, 0.2) is 5.75 Å². The van der Waals surface area contributed by atoms with Crippen LogP contribution >= 0.6 is 0 Å². The normalized spacial score (nSPS) is 11.8. The molecule has 5 rings (SSSR count).